The molecule has 0 heterocycles. The number of benzene rings is 1. The second kappa shape index (κ2) is 5.01. The second-order valence-electron chi connectivity index (χ2n) is 6.05. The van der Waals surface area contributed by atoms with Gasteiger partial charge in [0, 0.05) is 18.8 Å². The Bertz CT molecular complexity index is 446. The van der Waals surface area contributed by atoms with Crippen LogP contribution in [0.5, 0.6) is 0 Å². The van der Waals surface area contributed by atoms with Crippen LogP contribution in [0.25, 0.3) is 0 Å². The summed E-state index contributed by atoms with van der Waals surface area (Å²) >= 11 is 0. The van der Waals surface area contributed by atoms with Crippen LogP contribution in [-0.2, 0) is 0 Å². The van der Waals surface area contributed by atoms with Crippen LogP contribution in [0.2, 0.25) is 0 Å². The Morgan fingerprint density at radius 1 is 1.33 bits per heavy atom. The van der Waals surface area contributed by atoms with Crippen molar-refractivity contribution in [1.29, 1.82) is 0 Å². The third-order valence-corrected chi connectivity index (χ3v) is 3.59. The summed E-state index contributed by atoms with van der Waals surface area (Å²) in [5.41, 5.74) is 8.11. The van der Waals surface area contributed by atoms with Crippen LogP contribution in [0, 0.1) is 12.3 Å². The fraction of sp³-hybridized carbons (Fsp3) is 0.533. The molecular weight excluding hydrogens is 224 g/mol. The third-order valence-electron chi connectivity index (χ3n) is 3.59. The van der Waals surface area contributed by atoms with Crippen LogP contribution in [0.15, 0.2) is 18.2 Å². The summed E-state index contributed by atoms with van der Waals surface area (Å²) in [6.07, 6.45) is 0. The standard InChI is InChI=1S/C15H24N2O/c1-10-7-8-13(16)12(9-10)14(18)17(6)11(2)15(3,4)5/h7-9,11H,16H2,1-6H3. The number of carbonyl (C=O) groups excluding carboxylic acids is 1. The Hall–Kier alpha value is -1.51. The van der Waals surface area contributed by atoms with Gasteiger partial charge in [-0.1, -0.05) is 32.4 Å². The molecule has 0 spiro atoms. The van der Waals surface area contributed by atoms with Gasteiger partial charge in [-0.05, 0) is 31.4 Å². The molecule has 0 bridgehead atoms. The molecular formula is C15H24N2O. The topological polar surface area (TPSA) is 46.3 Å². The number of amides is 1. The highest BCUT2D eigenvalue weighted by Crippen LogP contribution is 2.25. The summed E-state index contributed by atoms with van der Waals surface area (Å²) in [5.74, 6) is -0.0152. The van der Waals surface area contributed by atoms with Crippen molar-refractivity contribution in [3.63, 3.8) is 0 Å². The summed E-state index contributed by atoms with van der Waals surface area (Å²) in [4.78, 5) is 14.2. The van der Waals surface area contributed by atoms with E-state index in [0.29, 0.717) is 11.3 Å². The van der Waals surface area contributed by atoms with Crippen LogP contribution in [-0.4, -0.2) is 23.9 Å². The Labute approximate surface area is 110 Å². The molecule has 1 atom stereocenters. The number of nitrogens with zero attached hydrogens (tertiary/aromatic N) is 1. The molecule has 18 heavy (non-hydrogen) atoms. The number of carbonyl (C=O) groups is 1. The van der Waals surface area contributed by atoms with E-state index in [1.807, 2.05) is 26.1 Å². The van der Waals surface area contributed by atoms with Crippen molar-refractivity contribution in [2.24, 2.45) is 5.41 Å². The van der Waals surface area contributed by atoms with Gasteiger partial charge in [-0.15, -0.1) is 0 Å². The van der Waals surface area contributed by atoms with Gasteiger partial charge in [0.05, 0.1) is 5.56 Å². The van der Waals surface area contributed by atoms with Gasteiger partial charge in [0.2, 0.25) is 0 Å². The van der Waals surface area contributed by atoms with Crippen LogP contribution in [0.1, 0.15) is 43.6 Å². The first-order valence-electron chi connectivity index (χ1n) is 6.28. The molecule has 1 aromatic carbocycles. The average Bonchev–Trinajstić information content (AvgIpc) is 2.28. The van der Waals surface area contributed by atoms with Gasteiger partial charge in [0.1, 0.15) is 0 Å². The number of hydrogen-bond acceptors (Lipinski definition) is 2. The second-order valence-corrected chi connectivity index (χ2v) is 6.05. The van der Waals surface area contributed by atoms with Crippen molar-refractivity contribution in [2.45, 2.75) is 40.7 Å². The first-order chi connectivity index (χ1) is 8.14. The maximum Gasteiger partial charge on any atom is 0.255 e. The first-order valence-corrected chi connectivity index (χ1v) is 6.28. The van der Waals surface area contributed by atoms with Gasteiger partial charge in [0.15, 0.2) is 0 Å². The summed E-state index contributed by atoms with van der Waals surface area (Å²) in [6.45, 7) is 10.4. The highest BCUT2D eigenvalue weighted by atomic mass is 16.2. The maximum atomic E-state index is 12.5. The number of aryl methyl sites for hydroxylation is 1. The predicted octanol–water partition coefficient (Wildman–Crippen LogP) is 3.08. The summed E-state index contributed by atoms with van der Waals surface area (Å²) < 4.78 is 0. The predicted molar refractivity (Wildman–Crippen MR) is 76.6 cm³/mol. The van der Waals surface area contributed by atoms with Gasteiger partial charge < -0.3 is 10.6 Å². The van der Waals surface area contributed by atoms with Gasteiger partial charge in [-0.25, -0.2) is 0 Å². The molecule has 0 saturated heterocycles. The molecule has 100 valence electrons. The van der Waals surface area contributed by atoms with E-state index in [-0.39, 0.29) is 17.4 Å². The van der Waals surface area contributed by atoms with Crippen molar-refractivity contribution in [2.75, 3.05) is 12.8 Å². The first kappa shape index (κ1) is 14.6. The summed E-state index contributed by atoms with van der Waals surface area (Å²) in [7, 11) is 1.83. The van der Waals surface area contributed by atoms with Gasteiger partial charge in [-0.3, -0.25) is 4.79 Å². The molecule has 0 radical (unpaired) electrons. The molecule has 0 aliphatic rings. The highest BCUT2D eigenvalue weighted by molar-refractivity contribution is 5.99. The lowest BCUT2D eigenvalue weighted by atomic mass is 9.87. The molecule has 1 rings (SSSR count). The molecule has 3 heteroatoms. The molecule has 0 aliphatic heterocycles. The Morgan fingerprint density at radius 2 is 1.89 bits per heavy atom. The van der Waals surface area contributed by atoms with Crippen molar-refractivity contribution < 1.29 is 4.79 Å². The lowest BCUT2D eigenvalue weighted by Gasteiger charge is -2.35. The van der Waals surface area contributed by atoms with Crippen LogP contribution >= 0.6 is 0 Å². The minimum atomic E-state index is -0.0152. The Morgan fingerprint density at radius 3 is 2.39 bits per heavy atom. The molecule has 2 N–H and O–H groups in total. The number of nitrogens with two attached hydrogens (primary N) is 1. The maximum absolute atomic E-state index is 12.5. The van der Waals surface area contributed by atoms with Crippen molar-refractivity contribution >= 4 is 11.6 Å². The summed E-state index contributed by atoms with van der Waals surface area (Å²) in [6, 6.07) is 5.70. The zero-order chi connectivity index (χ0) is 14.1. The zero-order valence-electron chi connectivity index (χ0n) is 12.2. The van der Waals surface area contributed by atoms with Crippen LogP contribution < -0.4 is 5.73 Å². The van der Waals surface area contributed by atoms with E-state index in [1.54, 1.807) is 11.0 Å². The van der Waals surface area contributed by atoms with E-state index in [4.69, 9.17) is 5.73 Å². The van der Waals surface area contributed by atoms with E-state index in [9.17, 15) is 4.79 Å². The van der Waals surface area contributed by atoms with Crippen LogP contribution in [0.3, 0.4) is 0 Å². The molecule has 0 fully saturated rings. The average molecular weight is 248 g/mol. The van der Waals surface area contributed by atoms with Crippen LogP contribution in [0.4, 0.5) is 5.69 Å². The van der Waals surface area contributed by atoms with Crippen molar-refractivity contribution in [1.82, 2.24) is 4.90 Å². The number of anilines is 1. The normalized spacial score (nSPS) is 13.2. The van der Waals surface area contributed by atoms with E-state index in [1.165, 1.54) is 0 Å². The minimum absolute atomic E-state index is 0.0152. The van der Waals surface area contributed by atoms with E-state index < -0.39 is 0 Å². The third kappa shape index (κ3) is 3.03. The highest BCUT2D eigenvalue weighted by Gasteiger charge is 2.28. The molecule has 1 aromatic rings. The van der Waals surface area contributed by atoms with Gasteiger partial charge in [0.25, 0.3) is 5.91 Å². The SMILES string of the molecule is Cc1ccc(N)c(C(=O)N(C)C(C)C(C)(C)C)c1. The largest absolute Gasteiger partial charge is 0.398 e. The van der Waals surface area contributed by atoms with E-state index >= 15 is 0 Å². The Kier molecular flexibility index (Phi) is 4.05. The quantitative estimate of drug-likeness (QED) is 0.817. The zero-order valence-corrected chi connectivity index (χ0v) is 12.2. The smallest absolute Gasteiger partial charge is 0.255 e. The molecule has 1 amide bonds. The van der Waals surface area contributed by atoms with Crippen molar-refractivity contribution in [3.8, 4) is 0 Å². The molecule has 1 unspecified atom stereocenters. The van der Waals surface area contributed by atoms with E-state index in [2.05, 4.69) is 27.7 Å². The molecule has 0 aromatic heterocycles. The lowest BCUT2D eigenvalue weighted by Crippen LogP contribution is -2.43. The van der Waals surface area contributed by atoms with Crippen molar-refractivity contribution in [3.05, 3.63) is 29.3 Å². The fourth-order valence-corrected chi connectivity index (χ4v) is 1.80. The molecule has 3 nitrogen and oxygen atoms in total. The Balaban J connectivity index is 3.04. The number of nitrogen functional groups attached to an aromatic ring is 1. The molecule has 0 aliphatic carbocycles. The lowest BCUT2D eigenvalue weighted by molar-refractivity contribution is 0.0630. The van der Waals surface area contributed by atoms with Gasteiger partial charge >= 0.3 is 0 Å². The number of hydrogen-bond donors (Lipinski definition) is 1. The monoisotopic (exact) mass is 248 g/mol. The minimum Gasteiger partial charge on any atom is -0.398 e. The van der Waals surface area contributed by atoms with Gasteiger partial charge in [-0.2, -0.15) is 0 Å². The van der Waals surface area contributed by atoms with E-state index in [0.717, 1.165) is 5.56 Å². The molecule has 0 saturated carbocycles. The summed E-state index contributed by atoms with van der Waals surface area (Å²) in [5, 5.41) is 0. The number of rotatable bonds is 2. The fourth-order valence-electron chi connectivity index (χ4n) is 1.80.